The second-order valence-electron chi connectivity index (χ2n) is 11.1. The molecule has 0 saturated carbocycles. The molecule has 3 heterocycles. The fourth-order valence-electron chi connectivity index (χ4n) is 3.94. The van der Waals surface area contributed by atoms with Gasteiger partial charge < -0.3 is 25.2 Å². The molecule has 1 unspecified atom stereocenters. The van der Waals surface area contributed by atoms with Crippen molar-refractivity contribution in [2.24, 2.45) is 5.41 Å². The monoisotopic (exact) mass is 583 g/mol. The molecule has 2 aromatic rings. The average Bonchev–Trinajstić information content (AvgIpc) is 2.86. The summed E-state index contributed by atoms with van der Waals surface area (Å²) in [6, 6.07) is 1.73. The van der Waals surface area contributed by atoms with Crippen molar-refractivity contribution < 1.29 is 27.8 Å². The summed E-state index contributed by atoms with van der Waals surface area (Å²) in [5.41, 5.74) is 4.01. The molecule has 3 N–H and O–H groups in total. The van der Waals surface area contributed by atoms with Crippen LogP contribution in [0.3, 0.4) is 0 Å². The van der Waals surface area contributed by atoms with Crippen LogP contribution in [0.1, 0.15) is 88.9 Å². The Kier molecular flexibility index (Phi) is 15.1. The number of nitrogens with one attached hydrogen (secondary N) is 2. The van der Waals surface area contributed by atoms with Gasteiger partial charge in [-0.2, -0.15) is 13.2 Å². The third kappa shape index (κ3) is 13.5. The van der Waals surface area contributed by atoms with E-state index >= 15 is 0 Å². The molecule has 1 aliphatic heterocycles. The van der Waals surface area contributed by atoms with Crippen molar-refractivity contribution >= 4 is 17.7 Å². The SMILES string of the molecule is CCCCC(C)Nc1ncnc(C)c1C1=Cc2cc(OCC(F)(F)F)nc(C)c2CO1.CCO.CNCC(C)(C)C. The maximum Gasteiger partial charge on any atom is 0.422 e. The van der Waals surface area contributed by atoms with Crippen LogP contribution >= 0.6 is 0 Å². The molecule has 3 rings (SSSR count). The van der Waals surface area contributed by atoms with Crippen molar-refractivity contribution in [2.75, 3.05) is 32.1 Å². The molecule has 0 spiro atoms. The number of ether oxygens (including phenoxy) is 2. The number of pyridine rings is 1. The van der Waals surface area contributed by atoms with Crippen LogP contribution in [0.4, 0.5) is 19.0 Å². The van der Waals surface area contributed by atoms with Crippen molar-refractivity contribution in [1.82, 2.24) is 20.3 Å². The number of unbranched alkanes of at least 4 members (excludes halogenated alkanes) is 1. The Morgan fingerprint density at radius 1 is 1.12 bits per heavy atom. The first-order valence-corrected chi connectivity index (χ1v) is 14.0. The maximum absolute atomic E-state index is 12.5. The zero-order chi connectivity index (χ0) is 31.2. The topological polar surface area (TPSA) is 101 Å². The second kappa shape index (κ2) is 17.1. The predicted molar refractivity (Wildman–Crippen MR) is 159 cm³/mol. The molecule has 1 aliphatic rings. The number of fused-ring (bicyclic) bond motifs is 1. The highest BCUT2D eigenvalue weighted by Gasteiger charge is 2.29. The van der Waals surface area contributed by atoms with Gasteiger partial charge in [-0.05, 0) is 64.8 Å². The van der Waals surface area contributed by atoms with Gasteiger partial charge in [-0.1, -0.05) is 40.5 Å². The molecule has 1 atom stereocenters. The van der Waals surface area contributed by atoms with Crippen LogP contribution in [0, 0.1) is 19.3 Å². The van der Waals surface area contributed by atoms with E-state index in [0.717, 1.165) is 42.6 Å². The molecule has 232 valence electrons. The summed E-state index contributed by atoms with van der Waals surface area (Å²) in [5, 5.41) is 14.1. The molecule has 41 heavy (non-hydrogen) atoms. The number of hydrogen-bond donors (Lipinski definition) is 3. The minimum absolute atomic E-state index is 0.0707. The summed E-state index contributed by atoms with van der Waals surface area (Å²) in [6.07, 6.45) is 2.07. The fourth-order valence-corrected chi connectivity index (χ4v) is 3.94. The Hall–Kier alpha value is -2.92. The minimum atomic E-state index is -4.43. The molecule has 8 nitrogen and oxygen atoms in total. The summed E-state index contributed by atoms with van der Waals surface area (Å²) in [7, 11) is 1.98. The molecular weight excluding hydrogens is 535 g/mol. The fraction of sp³-hybridized carbons (Fsp3) is 0.633. The van der Waals surface area contributed by atoms with Crippen LogP contribution in [0.2, 0.25) is 0 Å². The van der Waals surface area contributed by atoms with Crippen LogP contribution in [0.15, 0.2) is 12.4 Å². The zero-order valence-electron chi connectivity index (χ0n) is 26.0. The number of alkyl halides is 3. The Morgan fingerprint density at radius 3 is 2.32 bits per heavy atom. The van der Waals surface area contributed by atoms with E-state index < -0.39 is 12.8 Å². The number of nitrogens with zero attached hydrogens (tertiary/aromatic N) is 3. The smallest absolute Gasteiger partial charge is 0.422 e. The van der Waals surface area contributed by atoms with E-state index in [9.17, 15) is 13.2 Å². The first kappa shape index (κ1) is 36.1. The van der Waals surface area contributed by atoms with E-state index in [1.165, 1.54) is 12.4 Å². The van der Waals surface area contributed by atoms with Crippen LogP contribution in [-0.2, 0) is 11.3 Å². The molecule has 0 radical (unpaired) electrons. The Balaban J connectivity index is 0.000000723. The van der Waals surface area contributed by atoms with Crippen LogP contribution < -0.4 is 15.4 Å². The summed E-state index contributed by atoms with van der Waals surface area (Å²) in [4.78, 5) is 12.8. The van der Waals surface area contributed by atoms with Crippen molar-refractivity contribution in [2.45, 2.75) is 93.5 Å². The number of aliphatic hydroxyl groups is 1. The highest BCUT2D eigenvalue weighted by atomic mass is 19.4. The first-order chi connectivity index (χ1) is 19.1. The Bertz CT molecular complexity index is 1100. The highest BCUT2D eigenvalue weighted by molar-refractivity contribution is 5.85. The highest BCUT2D eigenvalue weighted by Crippen LogP contribution is 2.35. The molecule has 0 aromatic carbocycles. The van der Waals surface area contributed by atoms with Crippen molar-refractivity contribution in [1.29, 1.82) is 0 Å². The summed E-state index contributed by atoms with van der Waals surface area (Å²) >= 11 is 0. The molecule has 0 amide bonds. The molecular formula is C30H48F3N5O3. The van der Waals surface area contributed by atoms with Gasteiger partial charge in [0.2, 0.25) is 5.88 Å². The molecule has 0 fully saturated rings. The van der Waals surface area contributed by atoms with E-state index in [-0.39, 0.29) is 25.1 Å². The molecule has 0 saturated heterocycles. The molecule has 0 aliphatic carbocycles. The minimum Gasteiger partial charge on any atom is -0.488 e. The summed E-state index contributed by atoms with van der Waals surface area (Å²) in [6.45, 7) is 16.4. The van der Waals surface area contributed by atoms with E-state index in [1.54, 1.807) is 19.9 Å². The average molecular weight is 584 g/mol. The van der Waals surface area contributed by atoms with Crippen molar-refractivity contribution in [3.63, 3.8) is 0 Å². The van der Waals surface area contributed by atoms with Gasteiger partial charge in [0, 0.05) is 30.0 Å². The van der Waals surface area contributed by atoms with E-state index in [4.69, 9.17) is 14.6 Å². The third-order valence-electron chi connectivity index (χ3n) is 5.75. The van der Waals surface area contributed by atoms with Gasteiger partial charge in [0.25, 0.3) is 0 Å². The Labute approximate surface area is 243 Å². The number of halogens is 3. The number of aliphatic hydroxyl groups excluding tert-OH is 1. The van der Waals surface area contributed by atoms with Gasteiger partial charge in [-0.15, -0.1) is 0 Å². The van der Waals surface area contributed by atoms with E-state index in [0.29, 0.717) is 28.2 Å². The van der Waals surface area contributed by atoms with Crippen molar-refractivity contribution in [3.8, 4) is 5.88 Å². The zero-order valence-corrected chi connectivity index (χ0v) is 26.0. The largest absolute Gasteiger partial charge is 0.488 e. The number of aryl methyl sites for hydroxylation is 2. The quantitative estimate of drug-likeness (QED) is 0.300. The normalized spacial score (nSPS) is 13.3. The summed E-state index contributed by atoms with van der Waals surface area (Å²) in [5.74, 6) is 1.16. The Morgan fingerprint density at radius 2 is 1.78 bits per heavy atom. The van der Waals surface area contributed by atoms with E-state index in [2.05, 4.69) is 60.2 Å². The molecule has 2 aromatic heterocycles. The van der Waals surface area contributed by atoms with Gasteiger partial charge in [0.05, 0.1) is 11.3 Å². The third-order valence-corrected chi connectivity index (χ3v) is 5.75. The maximum atomic E-state index is 12.5. The summed E-state index contributed by atoms with van der Waals surface area (Å²) < 4.78 is 48.4. The van der Waals surface area contributed by atoms with Crippen molar-refractivity contribution in [3.05, 3.63) is 40.5 Å². The van der Waals surface area contributed by atoms with E-state index in [1.807, 2.05) is 14.0 Å². The standard InChI is InChI=1S/C22H27F3N4O2.C6H15N.C2H6O/c1-5-6-7-13(2)28-21-20(15(4)26-12-27-21)18-8-16-9-19(31-11-22(23,24)25)29-14(3)17(16)10-30-18;1-6(2,3)5-7-4;1-2-3/h8-9,12-13H,5-7,10-11H2,1-4H3,(H,26,27,28);7H,5H2,1-4H3;3H,2H2,1H3. The predicted octanol–water partition coefficient (Wildman–Crippen LogP) is 6.70. The van der Waals surface area contributed by atoms with Crippen LogP contribution in [-0.4, -0.2) is 59.1 Å². The lowest BCUT2D eigenvalue weighted by atomic mass is 9.97. The second-order valence-corrected chi connectivity index (χ2v) is 11.1. The lowest BCUT2D eigenvalue weighted by Gasteiger charge is -2.23. The molecule has 11 heteroatoms. The number of aromatic nitrogens is 3. The molecule has 0 bridgehead atoms. The number of rotatable bonds is 9. The van der Waals surface area contributed by atoms with Crippen LogP contribution in [0.5, 0.6) is 5.88 Å². The van der Waals surface area contributed by atoms with Crippen LogP contribution in [0.25, 0.3) is 11.8 Å². The number of hydrogen-bond acceptors (Lipinski definition) is 8. The lowest BCUT2D eigenvalue weighted by Crippen LogP contribution is -2.22. The van der Waals surface area contributed by atoms with Gasteiger partial charge in [0.15, 0.2) is 6.61 Å². The van der Waals surface area contributed by atoms with Gasteiger partial charge in [-0.25, -0.2) is 15.0 Å². The van der Waals surface area contributed by atoms with Gasteiger partial charge >= 0.3 is 6.18 Å². The van der Waals surface area contributed by atoms with Gasteiger partial charge in [0.1, 0.15) is 24.5 Å². The lowest BCUT2D eigenvalue weighted by molar-refractivity contribution is -0.154. The van der Waals surface area contributed by atoms with Gasteiger partial charge in [-0.3, -0.25) is 0 Å². The first-order valence-electron chi connectivity index (χ1n) is 14.0. The number of anilines is 1.